The highest BCUT2D eigenvalue weighted by atomic mass is 35.5. The number of halogens is 2. The van der Waals surface area contributed by atoms with Crippen molar-refractivity contribution >= 4 is 58.5 Å². The number of nitrogens with one attached hydrogen (secondary N) is 1. The summed E-state index contributed by atoms with van der Waals surface area (Å²) in [5, 5.41) is 13.4. The number of nitro benzene ring substituents is 1. The zero-order valence-corrected chi connectivity index (χ0v) is 21.1. The maximum absolute atomic E-state index is 13.0. The van der Waals surface area contributed by atoms with E-state index in [2.05, 4.69) is 12.2 Å². The number of urea groups is 1. The van der Waals surface area contributed by atoms with Crippen molar-refractivity contribution in [3.05, 3.63) is 67.7 Å². The van der Waals surface area contributed by atoms with Crippen molar-refractivity contribution in [1.29, 1.82) is 0 Å². The molecule has 0 aliphatic carbocycles. The van der Waals surface area contributed by atoms with Gasteiger partial charge in [0.05, 0.1) is 27.3 Å². The Balaban J connectivity index is 1.76. The van der Waals surface area contributed by atoms with Gasteiger partial charge in [-0.1, -0.05) is 62.2 Å². The second-order valence-corrected chi connectivity index (χ2v) is 8.98. The molecule has 0 radical (unpaired) electrons. The van der Waals surface area contributed by atoms with Gasteiger partial charge in [-0.3, -0.25) is 25.0 Å². The molecule has 3 rings (SSSR count). The van der Waals surface area contributed by atoms with Crippen LogP contribution in [-0.2, 0) is 9.59 Å². The molecule has 2 aromatic carbocycles. The maximum Gasteiger partial charge on any atom is 0.335 e. The van der Waals surface area contributed by atoms with Crippen LogP contribution in [0.25, 0.3) is 6.08 Å². The number of barbiturate groups is 1. The number of benzene rings is 2. The van der Waals surface area contributed by atoms with E-state index in [9.17, 15) is 24.5 Å². The minimum Gasteiger partial charge on any atom is -0.490 e. The fourth-order valence-electron chi connectivity index (χ4n) is 3.64. The van der Waals surface area contributed by atoms with Crippen LogP contribution in [0.15, 0.2) is 42.0 Å². The summed E-state index contributed by atoms with van der Waals surface area (Å²) in [5.74, 6) is -1.47. The predicted octanol–water partition coefficient (Wildman–Crippen LogP) is 6.31. The molecule has 0 spiro atoms. The van der Waals surface area contributed by atoms with Crippen molar-refractivity contribution in [3.8, 4) is 5.75 Å². The van der Waals surface area contributed by atoms with Gasteiger partial charge in [0.15, 0.2) is 5.75 Å². The van der Waals surface area contributed by atoms with E-state index in [0.717, 1.165) is 36.3 Å². The van der Waals surface area contributed by atoms with Gasteiger partial charge in [0.2, 0.25) is 0 Å². The van der Waals surface area contributed by atoms with Gasteiger partial charge in [0.25, 0.3) is 17.5 Å². The molecule has 4 amide bonds. The Hall–Kier alpha value is -3.43. The minimum absolute atomic E-state index is 0.0657. The summed E-state index contributed by atoms with van der Waals surface area (Å²) < 4.78 is 5.75. The van der Waals surface area contributed by atoms with Crippen LogP contribution in [0.1, 0.15) is 51.0 Å². The average molecular weight is 534 g/mol. The Kier molecular flexibility index (Phi) is 9.44. The quantitative estimate of drug-likeness (QED) is 0.119. The number of unbranched alkanes of at least 4 members (excludes halogenated alkanes) is 5. The molecule has 11 heteroatoms. The second-order valence-electron chi connectivity index (χ2n) is 8.16. The number of hydrogen-bond acceptors (Lipinski definition) is 6. The lowest BCUT2D eigenvalue weighted by Crippen LogP contribution is -2.54. The first-order valence-electron chi connectivity index (χ1n) is 11.5. The number of rotatable bonds is 11. The highest BCUT2D eigenvalue weighted by molar-refractivity contribution is 6.40. The van der Waals surface area contributed by atoms with Crippen molar-refractivity contribution in [2.75, 3.05) is 11.5 Å². The molecule has 0 saturated carbocycles. The van der Waals surface area contributed by atoms with Crippen molar-refractivity contribution in [2.45, 2.75) is 45.4 Å². The number of amides is 4. The van der Waals surface area contributed by atoms with Gasteiger partial charge in [0.1, 0.15) is 5.57 Å². The van der Waals surface area contributed by atoms with Crippen LogP contribution in [0.5, 0.6) is 5.75 Å². The number of nitrogens with zero attached hydrogens (tertiary/aromatic N) is 2. The third kappa shape index (κ3) is 6.61. The number of carbonyl (C=O) groups excluding carboxylic acids is 3. The van der Waals surface area contributed by atoms with Crippen molar-refractivity contribution in [1.82, 2.24) is 5.32 Å². The number of ether oxygens (including phenoxy) is 1. The molecule has 1 saturated heterocycles. The number of non-ortho nitro benzene ring substituents is 1. The Morgan fingerprint density at radius 1 is 1.00 bits per heavy atom. The summed E-state index contributed by atoms with van der Waals surface area (Å²) in [6, 6.07) is 6.83. The fourth-order valence-corrected chi connectivity index (χ4v) is 4.25. The van der Waals surface area contributed by atoms with E-state index in [1.807, 2.05) is 0 Å². The van der Waals surface area contributed by atoms with Gasteiger partial charge < -0.3 is 4.74 Å². The van der Waals surface area contributed by atoms with Crippen LogP contribution >= 0.6 is 23.2 Å². The van der Waals surface area contributed by atoms with Crippen molar-refractivity contribution in [2.24, 2.45) is 0 Å². The first-order chi connectivity index (χ1) is 17.2. The number of hydrogen-bond donors (Lipinski definition) is 1. The van der Waals surface area contributed by atoms with E-state index in [1.54, 1.807) is 0 Å². The predicted molar refractivity (Wildman–Crippen MR) is 137 cm³/mol. The van der Waals surface area contributed by atoms with Gasteiger partial charge in [0, 0.05) is 12.1 Å². The number of nitro groups is 1. The molecule has 1 aliphatic heterocycles. The summed E-state index contributed by atoms with van der Waals surface area (Å²) >= 11 is 12.7. The largest absolute Gasteiger partial charge is 0.490 e. The Labute approximate surface area is 218 Å². The summed E-state index contributed by atoms with van der Waals surface area (Å²) in [6.45, 7) is 2.62. The molecule has 0 atom stereocenters. The zero-order valence-electron chi connectivity index (χ0n) is 19.6. The minimum atomic E-state index is -0.967. The first-order valence-corrected chi connectivity index (χ1v) is 12.3. The van der Waals surface area contributed by atoms with Gasteiger partial charge in [-0.25, -0.2) is 9.69 Å². The Bertz CT molecular complexity index is 1170. The van der Waals surface area contributed by atoms with Crippen LogP contribution in [-0.4, -0.2) is 29.4 Å². The van der Waals surface area contributed by atoms with Crippen molar-refractivity contribution < 1.29 is 24.0 Å². The molecule has 190 valence electrons. The molecule has 1 heterocycles. The van der Waals surface area contributed by atoms with E-state index in [4.69, 9.17) is 27.9 Å². The molecule has 1 fully saturated rings. The lowest BCUT2D eigenvalue weighted by molar-refractivity contribution is -0.384. The van der Waals surface area contributed by atoms with Gasteiger partial charge in [-0.15, -0.1) is 0 Å². The molecule has 0 unspecified atom stereocenters. The van der Waals surface area contributed by atoms with Crippen LogP contribution < -0.4 is 15.0 Å². The molecule has 1 N–H and O–H groups in total. The molecule has 0 aromatic heterocycles. The van der Waals surface area contributed by atoms with Crippen LogP contribution in [0, 0.1) is 10.1 Å². The number of carbonyl (C=O) groups is 3. The fraction of sp³-hybridized carbons (Fsp3) is 0.320. The van der Waals surface area contributed by atoms with Crippen LogP contribution in [0.4, 0.5) is 16.2 Å². The Morgan fingerprint density at radius 3 is 2.22 bits per heavy atom. The van der Waals surface area contributed by atoms with E-state index in [0.29, 0.717) is 17.9 Å². The average Bonchev–Trinajstić information content (AvgIpc) is 2.83. The number of anilines is 1. The standard InChI is InChI=1S/C25H25Cl2N3O6/c1-2-3-4-5-6-7-12-36-22-20(26)14-16(15-21(22)27)13-19-23(31)28-25(33)29(24(19)32)17-8-10-18(11-9-17)30(34)35/h8-11,13-15H,2-7,12H2,1H3,(H,28,31,33)/b19-13-. The highest BCUT2D eigenvalue weighted by Crippen LogP contribution is 2.35. The lowest BCUT2D eigenvalue weighted by atomic mass is 10.1. The molecular formula is C25H25Cl2N3O6. The summed E-state index contributed by atoms with van der Waals surface area (Å²) in [7, 11) is 0. The first kappa shape index (κ1) is 27.2. The van der Waals surface area contributed by atoms with E-state index in [1.165, 1.54) is 49.6 Å². The number of imide groups is 2. The topological polar surface area (TPSA) is 119 Å². The van der Waals surface area contributed by atoms with Gasteiger partial charge >= 0.3 is 6.03 Å². The van der Waals surface area contributed by atoms with Crippen LogP contribution in [0.3, 0.4) is 0 Å². The third-order valence-corrected chi connectivity index (χ3v) is 6.06. The molecule has 36 heavy (non-hydrogen) atoms. The normalized spacial score (nSPS) is 14.8. The van der Waals surface area contributed by atoms with Crippen LogP contribution in [0.2, 0.25) is 10.0 Å². The highest BCUT2D eigenvalue weighted by Gasteiger charge is 2.37. The second kappa shape index (κ2) is 12.5. The monoisotopic (exact) mass is 533 g/mol. The summed E-state index contributed by atoms with van der Waals surface area (Å²) in [6.07, 6.45) is 7.90. The van der Waals surface area contributed by atoms with E-state index in [-0.39, 0.29) is 27.0 Å². The SMILES string of the molecule is CCCCCCCCOc1c(Cl)cc(/C=C2/C(=O)NC(=O)N(c3ccc([N+](=O)[O-])cc3)C2=O)cc1Cl. The lowest BCUT2D eigenvalue weighted by Gasteiger charge is -2.26. The maximum atomic E-state index is 13.0. The zero-order chi connectivity index (χ0) is 26.2. The summed E-state index contributed by atoms with van der Waals surface area (Å²) in [5.41, 5.74) is -0.121. The van der Waals surface area contributed by atoms with Gasteiger partial charge in [-0.05, 0) is 42.3 Å². The molecule has 2 aromatic rings. The van der Waals surface area contributed by atoms with Crippen molar-refractivity contribution in [3.63, 3.8) is 0 Å². The molecule has 0 bridgehead atoms. The molecule has 9 nitrogen and oxygen atoms in total. The van der Waals surface area contributed by atoms with Gasteiger partial charge in [-0.2, -0.15) is 0 Å². The smallest absolute Gasteiger partial charge is 0.335 e. The molecule has 1 aliphatic rings. The third-order valence-electron chi connectivity index (χ3n) is 5.50. The summed E-state index contributed by atoms with van der Waals surface area (Å²) in [4.78, 5) is 48.8. The van der Waals surface area contributed by atoms with E-state index < -0.39 is 22.8 Å². The Morgan fingerprint density at radius 2 is 1.61 bits per heavy atom. The van der Waals surface area contributed by atoms with E-state index >= 15 is 0 Å². The molecular weight excluding hydrogens is 509 g/mol.